The van der Waals surface area contributed by atoms with Crippen LogP contribution >= 0.6 is 0 Å². The monoisotopic (exact) mass is 212 g/mol. The zero-order chi connectivity index (χ0) is 11.3. The van der Waals surface area contributed by atoms with E-state index in [4.69, 9.17) is 5.73 Å². The predicted octanol–water partition coefficient (Wildman–Crippen LogP) is 1.81. The second kappa shape index (κ2) is 6.11. The highest BCUT2D eigenvalue weighted by Crippen LogP contribution is 2.18. The highest BCUT2D eigenvalue weighted by molar-refractivity contribution is 5.79. The minimum absolute atomic E-state index is 0.131. The summed E-state index contributed by atoms with van der Waals surface area (Å²) in [5, 5.41) is 3.41. The van der Waals surface area contributed by atoms with Crippen molar-refractivity contribution in [2.75, 3.05) is 0 Å². The lowest BCUT2D eigenvalue weighted by Crippen LogP contribution is -2.47. The van der Waals surface area contributed by atoms with Crippen LogP contribution in [0.25, 0.3) is 0 Å². The Hall–Kier alpha value is -0.570. The van der Waals surface area contributed by atoms with Gasteiger partial charge in [0.25, 0.3) is 0 Å². The number of nitrogens with one attached hydrogen (secondary N) is 1. The van der Waals surface area contributed by atoms with Crippen LogP contribution in [0, 0.1) is 5.92 Å². The maximum Gasteiger partial charge on any atom is 0.234 e. The maximum absolute atomic E-state index is 11.3. The van der Waals surface area contributed by atoms with E-state index in [-0.39, 0.29) is 11.9 Å². The van der Waals surface area contributed by atoms with Gasteiger partial charge in [0.1, 0.15) is 0 Å². The number of amides is 1. The first-order valence-corrected chi connectivity index (χ1v) is 6.15. The minimum atomic E-state index is -0.200. The van der Waals surface area contributed by atoms with E-state index in [0.717, 1.165) is 6.42 Å². The standard InChI is InChI=1S/C12H24N2O/c1-9(2)8-11(12(13)15)14-10-6-4-3-5-7-10/h9-11,14H,3-8H2,1-2H3,(H2,13,15). The van der Waals surface area contributed by atoms with E-state index in [1.807, 2.05) is 0 Å². The Morgan fingerprint density at radius 3 is 2.40 bits per heavy atom. The second-order valence-electron chi connectivity index (χ2n) is 5.09. The summed E-state index contributed by atoms with van der Waals surface area (Å²) < 4.78 is 0. The van der Waals surface area contributed by atoms with Crippen LogP contribution in [-0.4, -0.2) is 18.0 Å². The number of carbonyl (C=O) groups is 1. The highest BCUT2D eigenvalue weighted by Gasteiger charge is 2.22. The van der Waals surface area contributed by atoms with Gasteiger partial charge in [-0.3, -0.25) is 4.79 Å². The number of hydrogen-bond acceptors (Lipinski definition) is 2. The van der Waals surface area contributed by atoms with E-state index < -0.39 is 0 Å². The lowest BCUT2D eigenvalue weighted by molar-refractivity contribution is -0.120. The van der Waals surface area contributed by atoms with Crippen LogP contribution in [-0.2, 0) is 4.79 Å². The van der Waals surface area contributed by atoms with Crippen LogP contribution in [0.5, 0.6) is 0 Å². The summed E-state index contributed by atoms with van der Waals surface area (Å²) in [4.78, 5) is 11.3. The summed E-state index contributed by atoms with van der Waals surface area (Å²) >= 11 is 0. The van der Waals surface area contributed by atoms with Gasteiger partial charge in [-0.25, -0.2) is 0 Å². The van der Waals surface area contributed by atoms with Crippen molar-refractivity contribution >= 4 is 5.91 Å². The molecule has 1 aliphatic rings. The largest absolute Gasteiger partial charge is 0.368 e. The van der Waals surface area contributed by atoms with Crippen LogP contribution in [0.4, 0.5) is 0 Å². The molecule has 1 rings (SSSR count). The van der Waals surface area contributed by atoms with E-state index in [1.54, 1.807) is 0 Å². The Morgan fingerprint density at radius 1 is 1.33 bits per heavy atom. The van der Waals surface area contributed by atoms with Gasteiger partial charge in [0.15, 0.2) is 0 Å². The Balaban J connectivity index is 2.38. The van der Waals surface area contributed by atoms with E-state index in [0.29, 0.717) is 12.0 Å². The third kappa shape index (κ3) is 4.65. The van der Waals surface area contributed by atoms with Gasteiger partial charge in [-0.1, -0.05) is 33.1 Å². The Labute approximate surface area is 92.8 Å². The minimum Gasteiger partial charge on any atom is -0.368 e. The average Bonchev–Trinajstić information content (AvgIpc) is 2.17. The molecule has 0 saturated heterocycles. The molecule has 0 heterocycles. The van der Waals surface area contributed by atoms with E-state index in [2.05, 4.69) is 19.2 Å². The number of rotatable bonds is 5. The van der Waals surface area contributed by atoms with Crippen molar-refractivity contribution in [3.8, 4) is 0 Å². The molecule has 1 amide bonds. The Bertz CT molecular complexity index is 198. The third-order valence-corrected chi connectivity index (χ3v) is 3.09. The molecule has 0 radical (unpaired) electrons. The zero-order valence-electron chi connectivity index (χ0n) is 9.96. The summed E-state index contributed by atoms with van der Waals surface area (Å²) in [6.07, 6.45) is 7.15. The molecule has 0 bridgehead atoms. The van der Waals surface area contributed by atoms with Crippen molar-refractivity contribution in [3.63, 3.8) is 0 Å². The zero-order valence-corrected chi connectivity index (χ0v) is 9.96. The van der Waals surface area contributed by atoms with Crippen molar-refractivity contribution in [3.05, 3.63) is 0 Å². The molecule has 1 saturated carbocycles. The second-order valence-corrected chi connectivity index (χ2v) is 5.09. The van der Waals surface area contributed by atoms with Gasteiger partial charge in [-0.15, -0.1) is 0 Å². The number of hydrogen-bond donors (Lipinski definition) is 2. The van der Waals surface area contributed by atoms with Crippen LogP contribution in [0.1, 0.15) is 52.4 Å². The molecule has 0 aromatic heterocycles. The third-order valence-electron chi connectivity index (χ3n) is 3.09. The smallest absolute Gasteiger partial charge is 0.234 e. The Morgan fingerprint density at radius 2 is 1.93 bits per heavy atom. The molecule has 3 N–H and O–H groups in total. The summed E-state index contributed by atoms with van der Waals surface area (Å²) in [6, 6.07) is 0.378. The molecule has 1 atom stereocenters. The normalized spacial score (nSPS) is 20.5. The molecule has 15 heavy (non-hydrogen) atoms. The first-order chi connectivity index (χ1) is 7.09. The summed E-state index contributed by atoms with van der Waals surface area (Å²) in [6.45, 7) is 4.25. The van der Waals surface area contributed by atoms with Gasteiger partial charge in [-0.2, -0.15) is 0 Å². The predicted molar refractivity (Wildman–Crippen MR) is 62.4 cm³/mol. The molecular weight excluding hydrogens is 188 g/mol. The Kier molecular flexibility index (Phi) is 5.09. The van der Waals surface area contributed by atoms with Crippen molar-refractivity contribution in [2.24, 2.45) is 11.7 Å². The fraction of sp³-hybridized carbons (Fsp3) is 0.917. The van der Waals surface area contributed by atoms with Crippen LogP contribution in [0.3, 0.4) is 0 Å². The van der Waals surface area contributed by atoms with Crippen molar-refractivity contribution in [1.29, 1.82) is 0 Å². The van der Waals surface area contributed by atoms with Gasteiger partial charge in [0.2, 0.25) is 5.91 Å². The van der Waals surface area contributed by atoms with E-state index >= 15 is 0 Å². The molecule has 1 aliphatic carbocycles. The van der Waals surface area contributed by atoms with Gasteiger partial charge < -0.3 is 11.1 Å². The summed E-state index contributed by atoms with van der Waals surface area (Å²) in [5.74, 6) is 0.313. The van der Waals surface area contributed by atoms with Gasteiger partial charge in [-0.05, 0) is 25.2 Å². The SMILES string of the molecule is CC(C)CC(NC1CCCCC1)C(N)=O. The molecule has 1 fully saturated rings. The first kappa shape index (κ1) is 12.5. The fourth-order valence-corrected chi connectivity index (χ4v) is 2.29. The average molecular weight is 212 g/mol. The lowest BCUT2D eigenvalue weighted by atomic mass is 9.93. The van der Waals surface area contributed by atoms with E-state index in [1.165, 1.54) is 32.1 Å². The summed E-state index contributed by atoms with van der Waals surface area (Å²) in [5.41, 5.74) is 5.40. The van der Waals surface area contributed by atoms with Crippen molar-refractivity contribution in [1.82, 2.24) is 5.32 Å². The molecule has 0 aromatic carbocycles. The van der Waals surface area contributed by atoms with Crippen LogP contribution < -0.4 is 11.1 Å². The first-order valence-electron chi connectivity index (χ1n) is 6.15. The number of nitrogens with two attached hydrogens (primary N) is 1. The van der Waals surface area contributed by atoms with Gasteiger partial charge >= 0.3 is 0 Å². The topological polar surface area (TPSA) is 55.1 Å². The van der Waals surface area contributed by atoms with Crippen LogP contribution in [0.15, 0.2) is 0 Å². The van der Waals surface area contributed by atoms with Crippen LogP contribution in [0.2, 0.25) is 0 Å². The van der Waals surface area contributed by atoms with Gasteiger partial charge in [0, 0.05) is 6.04 Å². The summed E-state index contributed by atoms with van der Waals surface area (Å²) in [7, 11) is 0. The number of primary amides is 1. The lowest BCUT2D eigenvalue weighted by Gasteiger charge is -2.27. The van der Waals surface area contributed by atoms with Gasteiger partial charge in [0.05, 0.1) is 6.04 Å². The number of carbonyl (C=O) groups excluding carboxylic acids is 1. The van der Waals surface area contributed by atoms with E-state index in [9.17, 15) is 4.79 Å². The highest BCUT2D eigenvalue weighted by atomic mass is 16.1. The molecule has 0 aromatic rings. The molecule has 0 spiro atoms. The van der Waals surface area contributed by atoms with Crippen molar-refractivity contribution in [2.45, 2.75) is 64.5 Å². The molecule has 3 heteroatoms. The molecular formula is C12H24N2O. The molecule has 0 aliphatic heterocycles. The quantitative estimate of drug-likeness (QED) is 0.730. The maximum atomic E-state index is 11.3. The molecule has 3 nitrogen and oxygen atoms in total. The molecule has 1 unspecified atom stereocenters. The molecule has 88 valence electrons. The van der Waals surface area contributed by atoms with Crippen molar-refractivity contribution < 1.29 is 4.79 Å². The fourth-order valence-electron chi connectivity index (χ4n) is 2.29.